The Balaban J connectivity index is 0.000000247. The molecule has 0 aromatic heterocycles. The van der Waals surface area contributed by atoms with Crippen molar-refractivity contribution >= 4 is 29.8 Å². The Labute approximate surface area is 225 Å². The molecule has 2 aromatic rings. The number of hydrogen-bond donors (Lipinski definition) is 2. The lowest BCUT2D eigenvalue weighted by Gasteiger charge is -2.09. The molecule has 0 bridgehead atoms. The van der Waals surface area contributed by atoms with Crippen LogP contribution in [-0.2, 0) is 18.9 Å². The highest BCUT2D eigenvalue weighted by Crippen LogP contribution is 2.20. The number of nitrogens with zero attached hydrogens (tertiary/aromatic N) is 2. The van der Waals surface area contributed by atoms with Gasteiger partial charge < -0.3 is 38.6 Å². The van der Waals surface area contributed by atoms with Gasteiger partial charge in [-0.3, -0.25) is 20.2 Å². The number of carboxylic acid groups (broad SMARTS) is 2. The first-order chi connectivity index (χ1) is 19.0. The molecule has 0 radical (unpaired) electrons. The molecule has 4 rings (SSSR count). The molecule has 0 aliphatic carbocycles. The highest BCUT2D eigenvalue weighted by molar-refractivity contribution is 5.64. The van der Waals surface area contributed by atoms with Crippen LogP contribution in [0.15, 0.2) is 48.5 Å². The van der Waals surface area contributed by atoms with Crippen LogP contribution >= 0.6 is 0 Å². The monoisotopic (exact) mass is 568 g/mol. The Kier molecular flexibility index (Phi) is 12.5. The number of nitro benzene ring substituents is 2. The highest BCUT2D eigenvalue weighted by atomic mass is 16.7. The summed E-state index contributed by atoms with van der Waals surface area (Å²) in [5.41, 5.74) is -0.139. The summed E-state index contributed by atoms with van der Waals surface area (Å²) in [6, 6.07) is 10.4. The van der Waals surface area contributed by atoms with Crippen molar-refractivity contribution in [1.82, 2.24) is 0 Å². The summed E-state index contributed by atoms with van der Waals surface area (Å²) in [5, 5.41) is 34.8. The third kappa shape index (κ3) is 12.0. The molecular weight excluding hydrogens is 544 g/mol. The van der Waals surface area contributed by atoms with Crippen LogP contribution in [0.4, 0.5) is 25.8 Å². The number of benzene rings is 2. The van der Waals surface area contributed by atoms with E-state index in [2.05, 4.69) is 0 Å². The van der Waals surface area contributed by atoms with Crippen LogP contribution in [-0.4, -0.2) is 77.2 Å². The van der Waals surface area contributed by atoms with Crippen LogP contribution in [0.3, 0.4) is 0 Å². The first-order valence-electron chi connectivity index (χ1n) is 11.4. The highest BCUT2D eigenvalue weighted by Gasteiger charge is 2.22. The van der Waals surface area contributed by atoms with Gasteiger partial charge in [0.1, 0.15) is 23.7 Å². The predicted molar refractivity (Wildman–Crippen MR) is 130 cm³/mol. The molecule has 216 valence electrons. The summed E-state index contributed by atoms with van der Waals surface area (Å²) in [6.07, 6.45) is -2.77. The molecule has 2 N–H and O–H groups in total. The fraction of sp³-hybridized carbons (Fsp3) is 0.348. The third-order valence-electron chi connectivity index (χ3n) is 4.80. The smallest absolute Gasteiger partial charge is 0.450 e. The van der Waals surface area contributed by atoms with E-state index in [9.17, 15) is 29.8 Å². The largest absolute Gasteiger partial charge is 0.514 e. The molecule has 2 aromatic carbocycles. The quantitative estimate of drug-likeness (QED) is 0.217. The molecular formula is C23H24N2O15. The van der Waals surface area contributed by atoms with Gasteiger partial charge in [-0.05, 0) is 24.3 Å². The molecule has 0 amide bonds. The second-order valence-electron chi connectivity index (χ2n) is 7.70. The average Bonchev–Trinajstić information content (AvgIpc) is 3.59. The van der Waals surface area contributed by atoms with E-state index in [0.717, 1.165) is 0 Å². The standard InChI is InChI=1S/2C11H11NO6.CH2O3/c2*13-11(18-10-5-6-16-7-10)17-9-3-1-8(2-4-9)12(14)15;2-1(3)4/h2*1-4,10H,5-7H2;(H2,2,3,4). The van der Waals surface area contributed by atoms with Gasteiger partial charge in [0, 0.05) is 37.1 Å². The first kappa shape index (κ1) is 31.2. The summed E-state index contributed by atoms with van der Waals surface area (Å²) in [5.74, 6) is 0.397. The fourth-order valence-corrected chi connectivity index (χ4v) is 3.00. The second kappa shape index (κ2) is 16.0. The van der Waals surface area contributed by atoms with E-state index < -0.39 is 28.3 Å². The number of carbonyl (C=O) groups excluding carboxylic acids is 2. The van der Waals surface area contributed by atoms with E-state index in [1.807, 2.05) is 0 Å². The van der Waals surface area contributed by atoms with E-state index >= 15 is 0 Å². The molecule has 0 spiro atoms. The lowest BCUT2D eigenvalue weighted by molar-refractivity contribution is -0.385. The Morgan fingerprint density at radius 2 is 1.02 bits per heavy atom. The Morgan fingerprint density at radius 1 is 0.700 bits per heavy atom. The summed E-state index contributed by atoms with van der Waals surface area (Å²) in [4.78, 5) is 51.1. The Bertz CT molecular complexity index is 1050. The van der Waals surface area contributed by atoms with Gasteiger partial charge in [0.25, 0.3) is 11.4 Å². The van der Waals surface area contributed by atoms with E-state index in [4.69, 9.17) is 43.4 Å². The van der Waals surface area contributed by atoms with Gasteiger partial charge in [-0.2, -0.15) is 0 Å². The molecule has 2 heterocycles. The second-order valence-corrected chi connectivity index (χ2v) is 7.70. The van der Waals surface area contributed by atoms with Crippen LogP contribution in [0.2, 0.25) is 0 Å². The minimum atomic E-state index is -1.83. The summed E-state index contributed by atoms with van der Waals surface area (Å²) >= 11 is 0. The zero-order chi connectivity index (χ0) is 29.5. The molecule has 2 saturated heterocycles. The van der Waals surface area contributed by atoms with Gasteiger partial charge >= 0.3 is 18.5 Å². The zero-order valence-electron chi connectivity index (χ0n) is 20.6. The van der Waals surface area contributed by atoms with Gasteiger partial charge in [0.15, 0.2) is 0 Å². The summed E-state index contributed by atoms with van der Waals surface area (Å²) in [6.45, 7) is 1.87. The van der Waals surface area contributed by atoms with E-state index in [1.54, 1.807) is 0 Å². The van der Waals surface area contributed by atoms with Gasteiger partial charge in [0.2, 0.25) is 0 Å². The molecule has 2 unspecified atom stereocenters. The van der Waals surface area contributed by atoms with Gasteiger partial charge in [-0.25, -0.2) is 14.4 Å². The summed E-state index contributed by atoms with van der Waals surface area (Å²) < 4.78 is 29.8. The lowest BCUT2D eigenvalue weighted by Crippen LogP contribution is -2.20. The van der Waals surface area contributed by atoms with Crippen LogP contribution in [0.5, 0.6) is 11.5 Å². The summed E-state index contributed by atoms with van der Waals surface area (Å²) in [7, 11) is 0. The molecule has 0 saturated carbocycles. The molecule has 17 heteroatoms. The molecule has 40 heavy (non-hydrogen) atoms. The minimum Gasteiger partial charge on any atom is -0.450 e. The zero-order valence-corrected chi connectivity index (χ0v) is 20.6. The normalized spacial score (nSPS) is 17.1. The van der Waals surface area contributed by atoms with Crippen molar-refractivity contribution in [3.8, 4) is 11.5 Å². The minimum absolute atomic E-state index is 0.0695. The van der Waals surface area contributed by atoms with Crippen LogP contribution in [0.1, 0.15) is 12.8 Å². The molecule has 2 aliphatic heterocycles. The van der Waals surface area contributed by atoms with E-state index in [0.29, 0.717) is 39.3 Å². The maximum atomic E-state index is 11.4. The molecule has 2 atom stereocenters. The van der Waals surface area contributed by atoms with Crippen LogP contribution < -0.4 is 9.47 Å². The van der Waals surface area contributed by atoms with Gasteiger partial charge in [0.05, 0.1) is 36.3 Å². The topological polar surface area (TPSA) is 233 Å². The number of non-ortho nitro benzene ring substituents is 2. The number of hydrogen-bond acceptors (Lipinski definition) is 13. The van der Waals surface area contributed by atoms with E-state index in [-0.39, 0.29) is 35.1 Å². The predicted octanol–water partition coefficient (Wildman–Crippen LogP) is 4.02. The van der Waals surface area contributed by atoms with Crippen LogP contribution in [0, 0.1) is 20.2 Å². The lowest BCUT2D eigenvalue weighted by atomic mass is 10.3. The van der Waals surface area contributed by atoms with Crippen molar-refractivity contribution in [1.29, 1.82) is 0 Å². The Hall–Kier alpha value is -5.03. The van der Waals surface area contributed by atoms with Gasteiger partial charge in [-0.1, -0.05) is 0 Å². The Morgan fingerprint density at radius 3 is 1.27 bits per heavy atom. The first-order valence-corrected chi connectivity index (χ1v) is 11.4. The van der Waals surface area contributed by atoms with Crippen molar-refractivity contribution < 1.29 is 62.9 Å². The number of nitro groups is 2. The van der Waals surface area contributed by atoms with Crippen LogP contribution in [0.25, 0.3) is 0 Å². The number of ether oxygens (including phenoxy) is 6. The molecule has 17 nitrogen and oxygen atoms in total. The average molecular weight is 568 g/mol. The molecule has 2 aliphatic rings. The number of carbonyl (C=O) groups is 3. The maximum Gasteiger partial charge on any atom is 0.514 e. The van der Waals surface area contributed by atoms with Crippen molar-refractivity contribution in [2.24, 2.45) is 0 Å². The fourth-order valence-electron chi connectivity index (χ4n) is 3.00. The SMILES string of the molecule is O=C(O)O.O=C(Oc1ccc([N+](=O)[O-])cc1)OC1CCOC1.O=C(Oc1ccc([N+](=O)[O-])cc1)OC1CCOC1. The van der Waals surface area contributed by atoms with Gasteiger partial charge in [-0.15, -0.1) is 0 Å². The van der Waals surface area contributed by atoms with Crippen molar-refractivity contribution in [2.75, 3.05) is 26.4 Å². The number of rotatable bonds is 6. The van der Waals surface area contributed by atoms with Crippen molar-refractivity contribution in [2.45, 2.75) is 25.0 Å². The maximum absolute atomic E-state index is 11.4. The third-order valence-corrected chi connectivity index (χ3v) is 4.80. The van der Waals surface area contributed by atoms with Crippen molar-refractivity contribution in [3.63, 3.8) is 0 Å². The molecule has 2 fully saturated rings. The van der Waals surface area contributed by atoms with Crippen molar-refractivity contribution in [3.05, 3.63) is 68.8 Å². The van der Waals surface area contributed by atoms with E-state index in [1.165, 1.54) is 48.5 Å².